The smallest absolute Gasteiger partial charge is 0.304 e. The van der Waals surface area contributed by atoms with Crippen LogP contribution in [0.5, 0.6) is 0 Å². The van der Waals surface area contributed by atoms with Crippen LogP contribution in [0.2, 0.25) is 0 Å². The maximum absolute atomic E-state index is 13.4. The highest BCUT2D eigenvalue weighted by Crippen LogP contribution is 2.21. The van der Waals surface area contributed by atoms with E-state index in [0.717, 1.165) is 12.1 Å². The molecule has 1 aromatic carbocycles. The van der Waals surface area contributed by atoms with Gasteiger partial charge in [0, 0.05) is 24.7 Å². The molecule has 1 saturated heterocycles. The van der Waals surface area contributed by atoms with E-state index in [4.69, 9.17) is 0 Å². The number of sulfonamides is 1. The molecule has 1 aliphatic rings. The van der Waals surface area contributed by atoms with Crippen molar-refractivity contribution in [1.82, 2.24) is 10.0 Å². The van der Waals surface area contributed by atoms with Crippen LogP contribution in [0.1, 0.15) is 6.42 Å². The van der Waals surface area contributed by atoms with Crippen molar-refractivity contribution in [2.24, 2.45) is 0 Å². The molecule has 0 aromatic heterocycles. The first kappa shape index (κ1) is 13.8. The van der Waals surface area contributed by atoms with Crippen molar-refractivity contribution in [2.45, 2.75) is 17.4 Å². The second kappa shape index (κ2) is 5.19. The van der Waals surface area contributed by atoms with Crippen molar-refractivity contribution in [3.8, 4) is 0 Å². The number of nitrogens with one attached hydrogen (secondary N) is 2. The third-order valence-corrected chi connectivity index (χ3v) is 4.33. The van der Waals surface area contributed by atoms with Gasteiger partial charge in [-0.3, -0.25) is 10.1 Å². The van der Waals surface area contributed by atoms with Crippen LogP contribution in [0.25, 0.3) is 0 Å². The van der Waals surface area contributed by atoms with Gasteiger partial charge in [-0.05, 0) is 19.0 Å². The lowest BCUT2D eigenvalue weighted by Crippen LogP contribution is -2.36. The molecule has 1 aromatic rings. The van der Waals surface area contributed by atoms with Crippen molar-refractivity contribution < 1.29 is 17.7 Å². The Morgan fingerprint density at radius 2 is 2.21 bits per heavy atom. The summed E-state index contributed by atoms with van der Waals surface area (Å²) in [6.45, 7) is 1.22. The lowest BCUT2D eigenvalue weighted by molar-refractivity contribution is -0.387. The van der Waals surface area contributed by atoms with E-state index in [1.165, 1.54) is 0 Å². The van der Waals surface area contributed by atoms with Crippen LogP contribution in [0, 0.1) is 15.9 Å². The summed E-state index contributed by atoms with van der Waals surface area (Å²) in [6.07, 6.45) is 0.648. The Morgan fingerprint density at radius 3 is 2.74 bits per heavy atom. The molecule has 2 rings (SSSR count). The van der Waals surface area contributed by atoms with Gasteiger partial charge in [0.25, 0.3) is 0 Å². The van der Waals surface area contributed by atoms with Crippen molar-refractivity contribution >= 4 is 15.7 Å². The maximum atomic E-state index is 13.4. The summed E-state index contributed by atoms with van der Waals surface area (Å²) < 4.78 is 39.7. The third-order valence-electron chi connectivity index (χ3n) is 2.81. The Kier molecular flexibility index (Phi) is 3.78. The van der Waals surface area contributed by atoms with E-state index in [1.54, 1.807) is 0 Å². The molecular formula is C10H12FN3O4S. The lowest BCUT2D eigenvalue weighted by Gasteiger charge is -2.11. The van der Waals surface area contributed by atoms with Crippen LogP contribution in [0.3, 0.4) is 0 Å². The molecule has 1 aliphatic heterocycles. The van der Waals surface area contributed by atoms with Crippen molar-refractivity contribution in [3.05, 3.63) is 34.1 Å². The number of rotatable bonds is 4. The summed E-state index contributed by atoms with van der Waals surface area (Å²) in [5, 5.41) is 13.4. The Morgan fingerprint density at radius 1 is 1.47 bits per heavy atom. The predicted octanol–water partition coefficient (Wildman–Crippen LogP) is 0.374. The molecule has 1 fully saturated rings. The molecule has 19 heavy (non-hydrogen) atoms. The van der Waals surface area contributed by atoms with E-state index in [-0.39, 0.29) is 10.9 Å². The minimum absolute atomic E-state index is 0.247. The van der Waals surface area contributed by atoms with Gasteiger partial charge in [0.15, 0.2) is 0 Å². The Hall–Kier alpha value is -1.58. The lowest BCUT2D eigenvalue weighted by atomic mass is 10.3. The van der Waals surface area contributed by atoms with Gasteiger partial charge in [-0.25, -0.2) is 13.1 Å². The van der Waals surface area contributed by atoms with Gasteiger partial charge in [0.05, 0.1) is 9.82 Å². The molecule has 104 valence electrons. The van der Waals surface area contributed by atoms with Crippen molar-refractivity contribution in [3.63, 3.8) is 0 Å². The minimum atomic E-state index is -3.86. The molecule has 7 nitrogen and oxygen atoms in total. The van der Waals surface area contributed by atoms with E-state index in [0.29, 0.717) is 25.6 Å². The Balaban J connectivity index is 2.25. The fraction of sp³-hybridized carbons (Fsp3) is 0.400. The number of benzene rings is 1. The van der Waals surface area contributed by atoms with Crippen molar-refractivity contribution in [1.29, 1.82) is 0 Å². The monoisotopic (exact) mass is 289 g/mol. The quantitative estimate of drug-likeness (QED) is 0.616. The number of hydrogen-bond acceptors (Lipinski definition) is 5. The molecule has 1 atom stereocenters. The highest BCUT2D eigenvalue weighted by atomic mass is 32.2. The molecule has 1 heterocycles. The molecule has 0 aliphatic carbocycles. The summed E-state index contributed by atoms with van der Waals surface area (Å²) in [7, 11) is -3.86. The predicted molar refractivity (Wildman–Crippen MR) is 64.7 cm³/mol. The van der Waals surface area contributed by atoms with Crippen LogP contribution < -0.4 is 10.0 Å². The zero-order valence-electron chi connectivity index (χ0n) is 9.80. The average molecular weight is 289 g/mol. The number of hydrogen-bond donors (Lipinski definition) is 2. The van der Waals surface area contributed by atoms with E-state index >= 15 is 0 Å². The van der Waals surface area contributed by atoms with Gasteiger partial charge in [-0.2, -0.15) is 4.39 Å². The first-order valence-corrected chi connectivity index (χ1v) is 7.05. The second-order valence-electron chi connectivity index (χ2n) is 4.18. The summed E-state index contributed by atoms with van der Waals surface area (Å²) in [4.78, 5) is 9.23. The molecule has 0 spiro atoms. The van der Waals surface area contributed by atoms with E-state index < -0.39 is 26.5 Å². The molecular weight excluding hydrogens is 277 g/mol. The molecule has 0 radical (unpaired) electrons. The first-order chi connectivity index (χ1) is 8.90. The van der Waals surface area contributed by atoms with Crippen LogP contribution in [-0.4, -0.2) is 32.5 Å². The van der Waals surface area contributed by atoms with Gasteiger partial charge in [-0.15, -0.1) is 0 Å². The van der Waals surface area contributed by atoms with Gasteiger partial charge < -0.3 is 5.32 Å². The van der Waals surface area contributed by atoms with Gasteiger partial charge in [0.1, 0.15) is 0 Å². The zero-order chi connectivity index (χ0) is 14.0. The minimum Gasteiger partial charge on any atom is -0.315 e. The van der Waals surface area contributed by atoms with E-state index in [2.05, 4.69) is 10.0 Å². The number of nitrogens with zero attached hydrogens (tertiary/aromatic N) is 1. The fourth-order valence-corrected chi connectivity index (χ4v) is 3.13. The molecule has 0 amide bonds. The molecule has 9 heteroatoms. The normalized spacial score (nSPS) is 19.5. The molecule has 2 N–H and O–H groups in total. The first-order valence-electron chi connectivity index (χ1n) is 5.57. The Bertz CT molecular complexity index is 599. The highest BCUT2D eigenvalue weighted by Gasteiger charge is 2.25. The average Bonchev–Trinajstić information content (AvgIpc) is 2.80. The number of nitro benzene ring substituents is 1. The van der Waals surface area contributed by atoms with Gasteiger partial charge in [-0.1, -0.05) is 0 Å². The van der Waals surface area contributed by atoms with Crippen LogP contribution >= 0.6 is 0 Å². The van der Waals surface area contributed by atoms with Gasteiger partial charge in [0.2, 0.25) is 15.8 Å². The van der Waals surface area contributed by atoms with Crippen LogP contribution in [0.15, 0.2) is 23.1 Å². The summed E-state index contributed by atoms with van der Waals surface area (Å²) in [5.41, 5.74) is -0.749. The fourth-order valence-electron chi connectivity index (χ4n) is 1.85. The third kappa shape index (κ3) is 3.06. The number of nitro groups is 1. The molecule has 0 unspecified atom stereocenters. The maximum Gasteiger partial charge on any atom is 0.304 e. The Labute approximate surface area is 109 Å². The van der Waals surface area contributed by atoms with Crippen LogP contribution in [-0.2, 0) is 10.0 Å². The summed E-state index contributed by atoms with van der Waals surface area (Å²) in [6, 6.07) is 2.27. The molecule has 0 bridgehead atoms. The van der Waals surface area contributed by atoms with E-state index in [9.17, 15) is 22.9 Å². The standard InChI is InChI=1S/C10H12FN3O4S/c11-9-5-8(1-2-10(9)14(15)16)19(17,18)13-7-3-4-12-6-7/h1-2,5,7,12-13H,3-4,6H2/t7-/m0/s1. The van der Waals surface area contributed by atoms with Gasteiger partial charge >= 0.3 is 5.69 Å². The van der Waals surface area contributed by atoms with Crippen LogP contribution in [0.4, 0.5) is 10.1 Å². The summed E-state index contributed by atoms with van der Waals surface area (Å²) in [5.74, 6) is -1.17. The van der Waals surface area contributed by atoms with Crippen molar-refractivity contribution in [2.75, 3.05) is 13.1 Å². The molecule has 0 saturated carbocycles. The number of halogens is 1. The highest BCUT2D eigenvalue weighted by molar-refractivity contribution is 7.89. The SMILES string of the molecule is O=[N+]([O-])c1ccc(S(=O)(=O)N[C@H]2CCNC2)cc1F. The summed E-state index contributed by atoms with van der Waals surface area (Å²) >= 11 is 0. The largest absolute Gasteiger partial charge is 0.315 e. The zero-order valence-corrected chi connectivity index (χ0v) is 10.6. The second-order valence-corrected chi connectivity index (χ2v) is 5.90. The van der Waals surface area contributed by atoms with E-state index in [1.807, 2.05) is 0 Å². The topological polar surface area (TPSA) is 101 Å².